The van der Waals surface area contributed by atoms with Crippen molar-refractivity contribution in [1.29, 1.82) is 0 Å². The summed E-state index contributed by atoms with van der Waals surface area (Å²) < 4.78 is 0.981. The first kappa shape index (κ1) is 16.4. The van der Waals surface area contributed by atoms with Crippen LogP contribution in [-0.2, 0) is 0 Å². The fourth-order valence-electron chi connectivity index (χ4n) is 2.28. The summed E-state index contributed by atoms with van der Waals surface area (Å²) in [7, 11) is 0. The molecule has 1 heterocycles. The van der Waals surface area contributed by atoms with Gasteiger partial charge in [0.05, 0.1) is 11.8 Å². The molecule has 0 fully saturated rings. The van der Waals surface area contributed by atoms with Crippen LogP contribution in [0.4, 0.5) is 0 Å². The number of halogens is 1. The van der Waals surface area contributed by atoms with Gasteiger partial charge in [-0.05, 0) is 23.8 Å². The second-order valence-electron chi connectivity index (χ2n) is 5.31. The van der Waals surface area contributed by atoms with Crippen LogP contribution in [0.5, 0.6) is 0 Å². The third-order valence-corrected chi connectivity index (χ3v) is 4.13. The molecule has 1 atom stereocenters. The highest BCUT2D eigenvalue weighted by Gasteiger charge is 2.13. The standard InChI is InChI=1S/C18H16BrN3O2/c19-14-8-6-12(7-9-14)15-10-16(22-21-15)18(24)20-11-17(23)13-4-2-1-3-5-13/h1-10,17,23H,11H2,(H,20,24)(H,21,22). The number of aliphatic hydroxyl groups is 1. The zero-order chi connectivity index (χ0) is 16.9. The molecule has 0 aliphatic rings. The van der Waals surface area contributed by atoms with E-state index in [1.165, 1.54) is 0 Å². The Hall–Kier alpha value is -2.44. The molecular formula is C18H16BrN3O2. The van der Waals surface area contributed by atoms with Crippen LogP contribution in [0, 0.1) is 0 Å². The van der Waals surface area contributed by atoms with Crippen molar-refractivity contribution in [2.75, 3.05) is 6.54 Å². The third kappa shape index (κ3) is 3.90. The van der Waals surface area contributed by atoms with Crippen molar-refractivity contribution in [2.24, 2.45) is 0 Å². The number of amides is 1. The number of benzene rings is 2. The van der Waals surface area contributed by atoms with Gasteiger partial charge in [-0.1, -0.05) is 58.4 Å². The monoisotopic (exact) mass is 385 g/mol. The largest absolute Gasteiger partial charge is 0.387 e. The van der Waals surface area contributed by atoms with Crippen molar-refractivity contribution in [3.05, 3.63) is 76.4 Å². The highest BCUT2D eigenvalue weighted by Crippen LogP contribution is 2.20. The van der Waals surface area contributed by atoms with E-state index in [1.807, 2.05) is 54.6 Å². The van der Waals surface area contributed by atoms with Crippen molar-refractivity contribution in [3.8, 4) is 11.3 Å². The number of carbonyl (C=O) groups is 1. The molecule has 0 bridgehead atoms. The fourth-order valence-corrected chi connectivity index (χ4v) is 2.55. The molecule has 1 aromatic heterocycles. The number of hydrogen-bond donors (Lipinski definition) is 3. The third-order valence-electron chi connectivity index (χ3n) is 3.60. The first-order valence-electron chi connectivity index (χ1n) is 7.46. The van der Waals surface area contributed by atoms with Crippen LogP contribution in [-0.4, -0.2) is 27.8 Å². The normalized spacial score (nSPS) is 11.9. The van der Waals surface area contributed by atoms with Crippen LogP contribution in [0.25, 0.3) is 11.3 Å². The molecule has 0 saturated carbocycles. The van der Waals surface area contributed by atoms with Crippen molar-refractivity contribution in [3.63, 3.8) is 0 Å². The Morgan fingerprint density at radius 3 is 2.58 bits per heavy atom. The van der Waals surface area contributed by atoms with Crippen LogP contribution in [0.15, 0.2) is 65.1 Å². The van der Waals surface area contributed by atoms with Crippen LogP contribution < -0.4 is 5.32 Å². The maximum Gasteiger partial charge on any atom is 0.269 e. The Kier molecular flexibility index (Phi) is 5.08. The quantitative estimate of drug-likeness (QED) is 0.630. The van der Waals surface area contributed by atoms with Crippen LogP contribution in [0.3, 0.4) is 0 Å². The lowest BCUT2D eigenvalue weighted by Crippen LogP contribution is -2.28. The molecule has 0 spiro atoms. The highest BCUT2D eigenvalue weighted by molar-refractivity contribution is 9.10. The number of hydrogen-bond acceptors (Lipinski definition) is 3. The summed E-state index contributed by atoms with van der Waals surface area (Å²) in [6, 6.07) is 18.6. The van der Waals surface area contributed by atoms with Gasteiger partial charge in [0.2, 0.25) is 0 Å². The Bertz CT molecular complexity index is 816. The number of H-pyrrole nitrogens is 1. The molecule has 0 aliphatic heterocycles. The van der Waals surface area contributed by atoms with E-state index in [9.17, 15) is 9.90 Å². The van der Waals surface area contributed by atoms with E-state index in [4.69, 9.17) is 0 Å². The van der Waals surface area contributed by atoms with Gasteiger partial charge in [-0.2, -0.15) is 5.10 Å². The minimum Gasteiger partial charge on any atom is -0.387 e. The van der Waals surface area contributed by atoms with Gasteiger partial charge in [-0.25, -0.2) is 0 Å². The van der Waals surface area contributed by atoms with Crippen LogP contribution in [0.1, 0.15) is 22.2 Å². The molecular weight excluding hydrogens is 370 g/mol. The van der Waals surface area contributed by atoms with Gasteiger partial charge in [0.25, 0.3) is 5.91 Å². The summed E-state index contributed by atoms with van der Waals surface area (Å²) in [5, 5.41) is 19.7. The van der Waals surface area contributed by atoms with Crippen LogP contribution in [0.2, 0.25) is 0 Å². The summed E-state index contributed by atoms with van der Waals surface area (Å²) in [5.41, 5.74) is 2.72. The van der Waals surface area contributed by atoms with Crippen LogP contribution >= 0.6 is 15.9 Å². The summed E-state index contributed by atoms with van der Waals surface area (Å²) in [6.07, 6.45) is -0.746. The topological polar surface area (TPSA) is 78.0 Å². The van der Waals surface area contributed by atoms with Gasteiger partial charge in [0, 0.05) is 16.6 Å². The van der Waals surface area contributed by atoms with E-state index in [0.29, 0.717) is 11.4 Å². The number of aromatic nitrogens is 2. The van der Waals surface area contributed by atoms with E-state index < -0.39 is 6.10 Å². The maximum atomic E-state index is 12.2. The molecule has 5 nitrogen and oxygen atoms in total. The Labute approximate surface area is 147 Å². The summed E-state index contributed by atoms with van der Waals surface area (Å²) in [6.45, 7) is 0.134. The Balaban J connectivity index is 1.63. The molecule has 1 amide bonds. The van der Waals surface area contributed by atoms with E-state index >= 15 is 0 Å². The Morgan fingerprint density at radius 2 is 1.88 bits per heavy atom. The first-order valence-corrected chi connectivity index (χ1v) is 8.25. The average Bonchev–Trinajstić information content (AvgIpc) is 3.11. The highest BCUT2D eigenvalue weighted by atomic mass is 79.9. The molecule has 0 radical (unpaired) electrons. The molecule has 0 aliphatic carbocycles. The van der Waals surface area contributed by atoms with E-state index in [1.54, 1.807) is 6.07 Å². The number of nitrogens with zero attached hydrogens (tertiary/aromatic N) is 1. The van der Waals surface area contributed by atoms with E-state index in [2.05, 4.69) is 31.4 Å². The average molecular weight is 386 g/mol. The maximum absolute atomic E-state index is 12.2. The smallest absolute Gasteiger partial charge is 0.269 e. The molecule has 2 aromatic carbocycles. The number of carbonyl (C=O) groups excluding carboxylic acids is 1. The molecule has 6 heteroatoms. The molecule has 3 N–H and O–H groups in total. The zero-order valence-corrected chi connectivity index (χ0v) is 14.3. The number of rotatable bonds is 5. The van der Waals surface area contributed by atoms with Crippen molar-refractivity contribution < 1.29 is 9.90 Å². The molecule has 0 saturated heterocycles. The van der Waals surface area contributed by atoms with Gasteiger partial charge >= 0.3 is 0 Å². The fraction of sp³-hybridized carbons (Fsp3) is 0.111. The summed E-state index contributed by atoms with van der Waals surface area (Å²) >= 11 is 3.38. The molecule has 24 heavy (non-hydrogen) atoms. The Morgan fingerprint density at radius 1 is 1.17 bits per heavy atom. The minimum atomic E-state index is -0.746. The minimum absolute atomic E-state index is 0.134. The number of nitrogens with one attached hydrogen (secondary N) is 2. The lowest BCUT2D eigenvalue weighted by atomic mass is 10.1. The molecule has 3 rings (SSSR count). The van der Waals surface area contributed by atoms with Gasteiger partial charge < -0.3 is 10.4 Å². The first-order chi connectivity index (χ1) is 11.6. The predicted octanol–water partition coefficient (Wildman–Crippen LogP) is 3.30. The van der Waals surface area contributed by atoms with Gasteiger partial charge in [-0.3, -0.25) is 9.89 Å². The summed E-state index contributed by atoms with van der Waals surface area (Å²) in [4.78, 5) is 12.2. The van der Waals surface area contributed by atoms with Gasteiger partial charge in [0.1, 0.15) is 5.69 Å². The lowest BCUT2D eigenvalue weighted by Gasteiger charge is -2.11. The van der Waals surface area contributed by atoms with Crippen molar-refractivity contribution in [1.82, 2.24) is 15.5 Å². The van der Waals surface area contributed by atoms with Crippen molar-refractivity contribution in [2.45, 2.75) is 6.10 Å². The van der Waals surface area contributed by atoms with Crippen molar-refractivity contribution >= 4 is 21.8 Å². The SMILES string of the molecule is O=C(NCC(O)c1ccccc1)c1cc(-c2ccc(Br)cc2)n[nH]1. The van der Waals surface area contributed by atoms with Gasteiger partial charge in [-0.15, -0.1) is 0 Å². The second-order valence-corrected chi connectivity index (χ2v) is 6.23. The number of aromatic amines is 1. The van der Waals surface area contributed by atoms with E-state index in [0.717, 1.165) is 15.6 Å². The lowest BCUT2D eigenvalue weighted by molar-refractivity contribution is 0.0911. The van der Waals surface area contributed by atoms with Gasteiger partial charge in [0.15, 0.2) is 0 Å². The predicted molar refractivity (Wildman–Crippen MR) is 95.5 cm³/mol. The molecule has 3 aromatic rings. The number of aliphatic hydroxyl groups excluding tert-OH is 1. The zero-order valence-electron chi connectivity index (χ0n) is 12.7. The summed E-state index contributed by atoms with van der Waals surface area (Å²) in [5.74, 6) is -0.305. The molecule has 1 unspecified atom stereocenters. The second kappa shape index (κ2) is 7.42. The molecule has 122 valence electrons. The van der Waals surface area contributed by atoms with E-state index in [-0.39, 0.29) is 12.5 Å².